The Balaban J connectivity index is 1.20. The number of benzene rings is 2. The van der Waals surface area contributed by atoms with Crippen molar-refractivity contribution in [1.82, 2.24) is 15.0 Å². The van der Waals surface area contributed by atoms with Gasteiger partial charge in [0.2, 0.25) is 5.95 Å². The van der Waals surface area contributed by atoms with Gasteiger partial charge >= 0.3 is 0 Å². The van der Waals surface area contributed by atoms with Gasteiger partial charge in [0.1, 0.15) is 28.1 Å². The number of hydrogen-bond donors (Lipinski definition) is 1. The molecule has 1 saturated heterocycles. The van der Waals surface area contributed by atoms with E-state index in [1.807, 2.05) is 11.4 Å². The van der Waals surface area contributed by atoms with Crippen LogP contribution in [0.1, 0.15) is 39.0 Å². The lowest BCUT2D eigenvalue weighted by Crippen LogP contribution is -2.35. The van der Waals surface area contributed by atoms with Crippen molar-refractivity contribution in [3.8, 4) is 16.5 Å². The van der Waals surface area contributed by atoms with Crippen molar-refractivity contribution in [2.24, 2.45) is 5.92 Å². The molecule has 4 aromatic rings. The summed E-state index contributed by atoms with van der Waals surface area (Å²) in [4.78, 5) is 16.4. The molecule has 0 amide bonds. The molecule has 0 atom stereocenters. The first-order chi connectivity index (χ1) is 19.9. The van der Waals surface area contributed by atoms with Crippen molar-refractivity contribution < 1.29 is 17.5 Å². The summed E-state index contributed by atoms with van der Waals surface area (Å²) in [5, 5.41) is 5.94. The highest BCUT2D eigenvalue weighted by Gasteiger charge is 2.25. The largest absolute Gasteiger partial charge is 0.494 e. The number of anilines is 3. The van der Waals surface area contributed by atoms with Crippen LogP contribution in [0, 0.1) is 11.7 Å². The van der Waals surface area contributed by atoms with Gasteiger partial charge in [0.15, 0.2) is 9.84 Å². The van der Waals surface area contributed by atoms with Gasteiger partial charge in [-0.3, -0.25) is 0 Å². The number of nitrogens with zero attached hydrogens (tertiary/aromatic N) is 4. The molecule has 0 aliphatic carbocycles. The van der Waals surface area contributed by atoms with E-state index in [1.54, 1.807) is 42.6 Å². The number of piperidine rings is 1. The molecule has 0 spiro atoms. The highest BCUT2D eigenvalue weighted by atomic mass is 32.2. The van der Waals surface area contributed by atoms with E-state index in [2.05, 4.69) is 22.1 Å². The van der Waals surface area contributed by atoms with Crippen LogP contribution >= 0.6 is 11.3 Å². The second-order valence-corrected chi connectivity index (χ2v) is 13.1. The first kappa shape index (κ1) is 28.9. The van der Waals surface area contributed by atoms with E-state index in [-0.39, 0.29) is 11.6 Å². The first-order valence-corrected chi connectivity index (χ1v) is 16.4. The van der Waals surface area contributed by atoms with Gasteiger partial charge in [-0.1, -0.05) is 13.3 Å². The molecular formula is C30H34FN5O3S2. The maximum absolute atomic E-state index is 13.4. The zero-order chi connectivity index (χ0) is 28.7. The predicted octanol–water partition coefficient (Wildman–Crippen LogP) is 6.74. The fraction of sp³-hybridized carbons (Fsp3) is 0.367. The van der Waals surface area contributed by atoms with E-state index in [0.717, 1.165) is 49.5 Å². The lowest BCUT2D eigenvalue weighted by Gasteiger charge is -2.32. The quantitative estimate of drug-likeness (QED) is 0.180. The summed E-state index contributed by atoms with van der Waals surface area (Å²) in [7, 11) is -3.37. The summed E-state index contributed by atoms with van der Waals surface area (Å²) in [6, 6.07) is 14.7. The van der Waals surface area contributed by atoms with E-state index < -0.39 is 9.84 Å². The average molecular weight is 596 g/mol. The zero-order valence-corrected chi connectivity index (χ0v) is 24.6. The Morgan fingerprint density at radius 1 is 1.07 bits per heavy atom. The molecule has 3 heterocycles. The Labute approximate surface area is 244 Å². The number of thiazole rings is 1. The first-order valence-electron chi connectivity index (χ1n) is 13.9. The van der Waals surface area contributed by atoms with Crippen molar-refractivity contribution >= 4 is 38.6 Å². The van der Waals surface area contributed by atoms with Gasteiger partial charge in [0.05, 0.1) is 17.3 Å². The topological polar surface area (TPSA) is 97.3 Å². The van der Waals surface area contributed by atoms with E-state index >= 15 is 0 Å². The maximum atomic E-state index is 13.4. The van der Waals surface area contributed by atoms with E-state index in [9.17, 15) is 12.8 Å². The van der Waals surface area contributed by atoms with Crippen molar-refractivity contribution in [2.45, 2.75) is 43.9 Å². The molecule has 0 radical (unpaired) electrons. The summed E-state index contributed by atoms with van der Waals surface area (Å²) >= 11 is 1.50. The highest BCUT2D eigenvalue weighted by Crippen LogP contribution is 2.30. The Morgan fingerprint density at radius 3 is 2.51 bits per heavy atom. The monoisotopic (exact) mass is 595 g/mol. The number of unbranched alkanes of at least 4 members (excludes halogenated alkanes) is 1. The molecule has 1 fully saturated rings. The molecule has 216 valence electrons. The third kappa shape index (κ3) is 7.80. The molecule has 1 N–H and O–H groups in total. The Kier molecular flexibility index (Phi) is 9.45. The molecule has 5 rings (SSSR count). The van der Waals surface area contributed by atoms with Crippen molar-refractivity contribution in [3.63, 3.8) is 0 Å². The third-order valence-electron chi connectivity index (χ3n) is 7.12. The summed E-state index contributed by atoms with van der Waals surface area (Å²) < 4.78 is 45.0. The Hall–Kier alpha value is -3.57. The van der Waals surface area contributed by atoms with Crippen molar-refractivity contribution in [2.75, 3.05) is 35.7 Å². The molecule has 11 heteroatoms. The fourth-order valence-electron chi connectivity index (χ4n) is 4.72. The second-order valence-electron chi connectivity index (χ2n) is 10.1. The summed E-state index contributed by atoms with van der Waals surface area (Å²) in [5.74, 6) is 2.01. The van der Waals surface area contributed by atoms with Gasteiger partial charge in [0.25, 0.3) is 0 Å². The lowest BCUT2D eigenvalue weighted by molar-refractivity contribution is 0.309. The van der Waals surface area contributed by atoms with Crippen LogP contribution in [-0.4, -0.2) is 48.8 Å². The number of hydrogen-bond acceptors (Lipinski definition) is 9. The van der Waals surface area contributed by atoms with Crippen LogP contribution in [0.3, 0.4) is 0 Å². The van der Waals surface area contributed by atoms with Crippen LogP contribution in [0.4, 0.5) is 21.8 Å². The second kappa shape index (κ2) is 13.4. The summed E-state index contributed by atoms with van der Waals surface area (Å²) in [6.45, 7) is 4.19. The van der Waals surface area contributed by atoms with Crippen LogP contribution in [-0.2, 0) is 9.84 Å². The number of aromatic nitrogens is 3. The van der Waals surface area contributed by atoms with Crippen LogP contribution in [0.15, 0.2) is 71.1 Å². The molecule has 41 heavy (non-hydrogen) atoms. The van der Waals surface area contributed by atoms with E-state index in [1.165, 1.54) is 23.5 Å². The van der Waals surface area contributed by atoms with Crippen LogP contribution < -0.4 is 15.0 Å². The minimum atomic E-state index is -3.37. The van der Waals surface area contributed by atoms with Gasteiger partial charge in [0, 0.05) is 36.4 Å². The maximum Gasteiger partial charge on any atom is 0.227 e. The van der Waals surface area contributed by atoms with Crippen molar-refractivity contribution in [3.05, 3.63) is 72.0 Å². The smallest absolute Gasteiger partial charge is 0.227 e. The molecular weight excluding hydrogens is 561 g/mol. The molecule has 1 aliphatic rings. The van der Waals surface area contributed by atoms with E-state index in [4.69, 9.17) is 14.7 Å². The molecule has 2 aromatic carbocycles. The predicted molar refractivity (Wildman–Crippen MR) is 161 cm³/mol. The normalized spacial score (nSPS) is 14.2. The summed E-state index contributed by atoms with van der Waals surface area (Å²) in [5.41, 5.74) is 1.43. The highest BCUT2D eigenvalue weighted by molar-refractivity contribution is 7.91. The van der Waals surface area contributed by atoms with Crippen LogP contribution in [0.2, 0.25) is 0 Å². The molecule has 2 aromatic heterocycles. The molecule has 0 saturated carbocycles. The lowest BCUT2D eigenvalue weighted by atomic mass is 9.94. The zero-order valence-electron chi connectivity index (χ0n) is 23.0. The minimum absolute atomic E-state index is 0.121. The number of ether oxygens (including phenoxy) is 1. The van der Waals surface area contributed by atoms with Crippen LogP contribution in [0.5, 0.6) is 5.75 Å². The van der Waals surface area contributed by atoms with Crippen molar-refractivity contribution in [1.29, 1.82) is 0 Å². The SMILES string of the molecule is CCCCOc1ccc(S(=O)(=O)CCC2CCN(c3nc(Nc4ccc(F)cc4)cc(-c4nccs4)n3)CC2)cc1. The average Bonchev–Trinajstić information content (AvgIpc) is 3.53. The third-order valence-corrected chi connectivity index (χ3v) is 9.68. The van der Waals surface area contributed by atoms with Gasteiger partial charge in [-0.15, -0.1) is 11.3 Å². The van der Waals surface area contributed by atoms with Gasteiger partial charge in [-0.05, 0) is 80.1 Å². The number of nitrogens with one attached hydrogen (secondary N) is 1. The fourth-order valence-corrected chi connectivity index (χ4v) is 6.75. The number of sulfone groups is 1. The Bertz CT molecular complexity index is 1510. The van der Waals surface area contributed by atoms with Gasteiger partial charge < -0.3 is 15.0 Å². The number of rotatable bonds is 12. The standard InChI is InChI=1S/C30H34FN5O3S2/c1-2-3-18-39-25-8-10-26(11-9-25)41(37,38)20-14-22-12-16-36(17-13-22)30-34-27(29-32-15-19-40-29)21-28(35-30)33-24-6-4-23(31)5-7-24/h4-11,15,19,21-22H,2-3,12-14,16-18,20H2,1H3,(H,33,34,35). The van der Waals surface area contributed by atoms with Crippen LogP contribution in [0.25, 0.3) is 10.7 Å². The van der Waals surface area contributed by atoms with E-state index in [0.29, 0.717) is 47.1 Å². The molecule has 1 aliphatic heterocycles. The minimum Gasteiger partial charge on any atom is -0.494 e. The number of halogens is 1. The van der Waals surface area contributed by atoms with Gasteiger partial charge in [-0.2, -0.15) is 4.98 Å². The summed E-state index contributed by atoms with van der Waals surface area (Å²) in [6.07, 6.45) is 6.08. The molecule has 8 nitrogen and oxygen atoms in total. The Morgan fingerprint density at radius 2 is 1.83 bits per heavy atom. The van der Waals surface area contributed by atoms with Gasteiger partial charge in [-0.25, -0.2) is 22.8 Å². The molecule has 0 unspecified atom stereocenters. The molecule has 0 bridgehead atoms.